The van der Waals surface area contributed by atoms with Crippen LogP contribution < -0.4 is 10.6 Å². The molecular formula is C24H34N2O2. The quantitative estimate of drug-likeness (QED) is 0.707. The van der Waals surface area contributed by atoms with Crippen LogP contribution in [-0.2, 0) is 9.59 Å². The van der Waals surface area contributed by atoms with Crippen molar-refractivity contribution in [2.45, 2.75) is 71.1 Å². The van der Waals surface area contributed by atoms with Crippen molar-refractivity contribution in [1.82, 2.24) is 5.32 Å². The van der Waals surface area contributed by atoms with Gasteiger partial charge in [0.25, 0.3) is 0 Å². The van der Waals surface area contributed by atoms with Crippen LogP contribution in [0.4, 0.5) is 5.69 Å². The topological polar surface area (TPSA) is 58.2 Å². The van der Waals surface area contributed by atoms with E-state index >= 15 is 0 Å². The Morgan fingerprint density at radius 1 is 1.07 bits per heavy atom. The van der Waals surface area contributed by atoms with Crippen LogP contribution in [-0.4, -0.2) is 18.4 Å². The van der Waals surface area contributed by atoms with Crippen LogP contribution in [0.5, 0.6) is 0 Å². The molecule has 0 heterocycles. The predicted octanol–water partition coefficient (Wildman–Crippen LogP) is 4.86. The zero-order valence-electron chi connectivity index (χ0n) is 17.3. The van der Waals surface area contributed by atoms with Gasteiger partial charge in [-0.05, 0) is 80.2 Å². The molecule has 4 aliphatic carbocycles. The van der Waals surface area contributed by atoms with Crippen LogP contribution in [0.25, 0.3) is 0 Å². The lowest BCUT2D eigenvalue weighted by Gasteiger charge is -2.55. The van der Waals surface area contributed by atoms with Crippen molar-refractivity contribution < 1.29 is 9.59 Å². The van der Waals surface area contributed by atoms with Gasteiger partial charge in [-0.1, -0.05) is 32.0 Å². The molecular weight excluding hydrogens is 348 g/mol. The van der Waals surface area contributed by atoms with Gasteiger partial charge in [0.1, 0.15) is 0 Å². The largest absolute Gasteiger partial charge is 0.355 e. The van der Waals surface area contributed by atoms with E-state index in [1.165, 1.54) is 24.8 Å². The van der Waals surface area contributed by atoms with Crippen LogP contribution in [0.3, 0.4) is 0 Å². The molecule has 4 bridgehead atoms. The van der Waals surface area contributed by atoms with Crippen molar-refractivity contribution in [2.24, 2.45) is 23.2 Å². The summed E-state index contributed by atoms with van der Waals surface area (Å²) in [7, 11) is 0. The lowest BCUT2D eigenvalue weighted by Crippen LogP contribution is -2.53. The van der Waals surface area contributed by atoms with Gasteiger partial charge in [0.05, 0.1) is 0 Å². The fourth-order valence-electron chi connectivity index (χ4n) is 6.34. The second-order valence-electron chi connectivity index (χ2n) is 9.65. The second kappa shape index (κ2) is 7.88. The minimum absolute atomic E-state index is 0.0263. The van der Waals surface area contributed by atoms with E-state index < -0.39 is 0 Å². The van der Waals surface area contributed by atoms with Gasteiger partial charge in [-0.15, -0.1) is 0 Å². The van der Waals surface area contributed by atoms with E-state index in [0.29, 0.717) is 18.9 Å². The number of hydrogen-bond acceptors (Lipinski definition) is 2. The molecule has 5 rings (SSSR count). The van der Waals surface area contributed by atoms with Crippen molar-refractivity contribution in [1.29, 1.82) is 0 Å². The summed E-state index contributed by atoms with van der Waals surface area (Å²) in [5.41, 5.74) is 1.94. The molecule has 2 N–H and O–H groups in total. The van der Waals surface area contributed by atoms with Crippen LogP contribution in [0.1, 0.15) is 76.7 Å². The maximum atomic E-state index is 13.0. The molecule has 2 amide bonds. The number of benzene rings is 1. The number of anilines is 1. The van der Waals surface area contributed by atoms with Gasteiger partial charge in [-0.25, -0.2) is 0 Å². The molecule has 0 radical (unpaired) electrons. The molecule has 4 nitrogen and oxygen atoms in total. The highest BCUT2D eigenvalue weighted by atomic mass is 16.2. The number of amides is 2. The normalized spacial score (nSPS) is 31.4. The lowest BCUT2D eigenvalue weighted by atomic mass is 9.49. The van der Waals surface area contributed by atoms with E-state index in [1.54, 1.807) is 0 Å². The van der Waals surface area contributed by atoms with Crippen molar-refractivity contribution >= 4 is 17.5 Å². The molecule has 1 atom stereocenters. The highest BCUT2D eigenvalue weighted by molar-refractivity contribution is 5.92. The Morgan fingerprint density at radius 3 is 2.29 bits per heavy atom. The predicted molar refractivity (Wildman–Crippen MR) is 112 cm³/mol. The van der Waals surface area contributed by atoms with Crippen LogP contribution in [0.2, 0.25) is 0 Å². The highest BCUT2D eigenvalue weighted by Crippen LogP contribution is 2.60. The molecule has 152 valence electrons. The van der Waals surface area contributed by atoms with Gasteiger partial charge < -0.3 is 10.6 Å². The molecule has 4 heteroatoms. The van der Waals surface area contributed by atoms with Gasteiger partial charge in [0.15, 0.2) is 0 Å². The first-order valence-corrected chi connectivity index (χ1v) is 11.2. The van der Waals surface area contributed by atoms with Gasteiger partial charge in [0.2, 0.25) is 11.8 Å². The van der Waals surface area contributed by atoms with Crippen LogP contribution in [0, 0.1) is 23.2 Å². The SMILES string of the molecule is CCC(C)c1ccccc1NC(=O)CCNC(=O)C12CC3CC(CC(C3)C1)C2. The van der Waals surface area contributed by atoms with E-state index in [2.05, 4.69) is 30.5 Å². The van der Waals surface area contributed by atoms with Crippen molar-refractivity contribution in [3.05, 3.63) is 29.8 Å². The van der Waals surface area contributed by atoms with Crippen molar-refractivity contribution in [3.63, 3.8) is 0 Å². The van der Waals surface area contributed by atoms with Crippen LogP contribution in [0.15, 0.2) is 24.3 Å². The second-order valence-corrected chi connectivity index (χ2v) is 9.65. The molecule has 1 unspecified atom stereocenters. The Kier molecular flexibility index (Phi) is 5.48. The Hall–Kier alpha value is -1.84. The fourth-order valence-corrected chi connectivity index (χ4v) is 6.34. The Bertz CT molecular complexity index is 707. The summed E-state index contributed by atoms with van der Waals surface area (Å²) in [4.78, 5) is 25.4. The maximum absolute atomic E-state index is 13.0. The van der Waals surface area contributed by atoms with E-state index in [0.717, 1.165) is 49.1 Å². The molecule has 28 heavy (non-hydrogen) atoms. The average molecular weight is 383 g/mol. The third-order valence-electron chi connectivity index (χ3n) is 7.54. The molecule has 0 aliphatic heterocycles. The Morgan fingerprint density at radius 2 is 1.68 bits per heavy atom. The molecule has 4 saturated carbocycles. The number of carbonyl (C=O) groups excluding carboxylic acids is 2. The lowest BCUT2D eigenvalue weighted by molar-refractivity contribution is -0.146. The van der Waals surface area contributed by atoms with Gasteiger partial charge in [-0.2, -0.15) is 0 Å². The van der Waals surface area contributed by atoms with Crippen molar-refractivity contribution in [2.75, 3.05) is 11.9 Å². The zero-order valence-corrected chi connectivity index (χ0v) is 17.3. The first-order valence-electron chi connectivity index (χ1n) is 11.2. The van der Waals surface area contributed by atoms with E-state index in [-0.39, 0.29) is 17.2 Å². The summed E-state index contributed by atoms with van der Waals surface area (Å²) < 4.78 is 0. The summed E-state index contributed by atoms with van der Waals surface area (Å²) in [6.07, 6.45) is 8.58. The zero-order chi connectivity index (χ0) is 19.7. The van der Waals surface area contributed by atoms with Gasteiger partial charge >= 0.3 is 0 Å². The molecule has 0 aromatic heterocycles. The number of rotatable bonds is 7. The van der Waals surface area contributed by atoms with E-state index in [9.17, 15) is 9.59 Å². The number of para-hydroxylation sites is 1. The maximum Gasteiger partial charge on any atom is 0.226 e. The third-order valence-corrected chi connectivity index (χ3v) is 7.54. The Balaban J connectivity index is 1.29. The molecule has 1 aromatic carbocycles. The van der Waals surface area contributed by atoms with E-state index in [4.69, 9.17) is 0 Å². The standard InChI is InChI=1S/C24H34N2O2/c1-3-16(2)20-6-4-5-7-21(20)26-22(27)8-9-25-23(28)24-13-17-10-18(14-24)12-19(11-17)15-24/h4-7,16-19H,3,8-15H2,1-2H3,(H,25,28)(H,26,27). The molecule has 4 fully saturated rings. The summed E-state index contributed by atoms with van der Waals surface area (Å²) in [6, 6.07) is 8.02. The summed E-state index contributed by atoms with van der Waals surface area (Å²) in [5, 5.41) is 6.15. The van der Waals surface area contributed by atoms with E-state index in [1.807, 2.05) is 18.2 Å². The van der Waals surface area contributed by atoms with Crippen molar-refractivity contribution in [3.8, 4) is 0 Å². The van der Waals surface area contributed by atoms with Crippen LogP contribution >= 0.6 is 0 Å². The molecule has 4 aliphatic rings. The molecule has 0 spiro atoms. The first kappa shape index (κ1) is 19.5. The smallest absolute Gasteiger partial charge is 0.226 e. The summed E-state index contributed by atoms with van der Waals surface area (Å²) in [6.45, 7) is 4.76. The minimum Gasteiger partial charge on any atom is -0.355 e. The average Bonchev–Trinajstić information content (AvgIpc) is 2.66. The Labute approximate surface area is 168 Å². The third kappa shape index (κ3) is 3.83. The first-order chi connectivity index (χ1) is 13.5. The summed E-state index contributed by atoms with van der Waals surface area (Å²) in [5.74, 6) is 2.88. The number of hydrogen-bond donors (Lipinski definition) is 2. The minimum atomic E-state index is -0.131. The fraction of sp³-hybridized carbons (Fsp3) is 0.667. The van der Waals surface area contributed by atoms with Gasteiger partial charge in [0, 0.05) is 24.1 Å². The molecule has 1 aromatic rings. The highest BCUT2D eigenvalue weighted by Gasteiger charge is 2.54. The number of nitrogens with one attached hydrogen (secondary N) is 2. The summed E-state index contributed by atoms with van der Waals surface area (Å²) >= 11 is 0. The monoisotopic (exact) mass is 382 g/mol. The number of carbonyl (C=O) groups is 2. The van der Waals surface area contributed by atoms with Gasteiger partial charge in [-0.3, -0.25) is 9.59 Å². The molecule has 0 saturated heterocycles.